The zero-order valence-corrected chi connectivity index (χ0v) is 17.3. The van der Waals surface area contributed by atoms with E-state index in [9.17, 15) is 4.79 Å². The Morgan fingerprint density at radius 2 is 1.94 bits per heavy atom. The second-order valence-electron chi connectivity index (χ2n) is 7.43. The molecule has 31 heavy (non-hydrogen) atoms. The molecule has 2 aliphatic rings. The molecular formula is C23H18N4O3S. The van der Waals surface area contributed by atoms with E-state index < -0.39 is 0 Å². The van der Waals surface area contributed by atoms with Crippen molar-refractivity contribution >= 4 is 22.4 Å². The molecule has 0 saturated heterocycles. The standard InChI is InChI=1S/C23H18N4O3S/c28-22(21-16-7-4-8-18(16)27(26-21)15-5-2-1-3-6-15)25-23-24-17(12-31-23)14-9-10-19-20(11-14)30-13-29-19/h1-3,5-6,9-12H,4,7-8,13H2,(H,24,25,28). The number of hydrogen-bond acceptors (Lipinski definition) is 6. The molecule has 4 aromatic rings. The van der Waals surface area contributed by atoms with Crippen molar-refractivity contribution in [2.24, 2.45) is 0 Å². The van der Waals surface area contributed by atoms with E-state index in [1.165, 1.54) is 11.3 Å². The summed E-state index contributed by atoms with van der Waals surface area (Å²) >= 11 is 1.39. The summed E-state index contributed by atoms with van der Waals surface area (Å²) in [4.78, 5) is 17.6. The molecule has 3 heterocycles. The average molecular weight is 430 g/mol. The quantitative estimate of drug-likeness (QED) is 0.517. The third-order valence-electron chi connectivity index (χ3n) is 5.54. The maximum absolute atomic E-state index is 13.1. The van der Waals surface area contributed by atoms with Crippen LogP contribution in [0.25, 0.3) is 16.9 Å². The maximum atomic E-state index is 13.1. The first-order valence-electron chi connectivity index (χ1n) is 10.1. The number of amides is 1. The van der Waals surface area contributed by atoms with Crippen LogP contribution in [0.2, 0.25) is 0 Å². The Morgan fingerprint density at radius 3 is 2.84 bits per heavy atom. The Balaban J connectivity index is 1.27. The van der Waals surface area contributed by atoms with E-state index in [-0.39, 0.29) is 12.7 Å². The number of ether oxygens (including phenoxy) is 2. The van der Waals surface area contributed by atoms with Gasteiger partial charge >= 0.3 is 0 Å². The summed E-state index contributed by atoms with van der Waals surface area (Å²) in [7, 11) is 0. The monoisotopic (exact) mass is 430 g/mol. The zero-order valence-electron chi connectivity index (χ0n) is 16.5. The van der Waals surface area contributed by atoms with Crippen LogP contribution in [0.5, 0.6) is 11.5 Å². The third-order valence-corrected chi connectivity index (χ3v) is 6.30. The highest BCUT2D eigenvalue weighted by Gasteiger charge is 2.27. The molecule has 2 aromatic carbocycles. The van der Waals surface area contributed by atoms with E-state index in [2.05, 4.69) is 15.4 Å². The van der Waals surface area contributed by atoms with Crippen LogP contribution in [-0.2, 0) is 12.8 Å². The van der Waals surface area contributed by atoms with Gasteiger partial charge in [0, 0.05) is 22.2 Å². The maximum Gasteiger partial charge on any atom is 0.278 e. The van der Waals surface area contributed by atoms with Gasteiger partial charge in [-0.25, -0.2) is 9.67 Å². The van der Waals surface area contributed by atoms with E-state index in [1.54, 1.807) is 0 Å². The number of rotatable bonds is 4. The highest BCUT2D eigenvalue weighted by Crippen LogP contribution is 2.36. The Bertz CT molecular complexity index is 1300. The smallest absolute Gasteiger partial charge is 0.278 e. The lowest BCUT2D eigenvalue weighted by Crippen LogP contribution is -2.14. The first kappa shape index (κ1) is 18.1. The van der Waals surface area contributed by atoms with E-state index in [4.69, 9.17) is 9.47 Å². The van der Waals surface area contributed by atoms with E-state index >= 15 is 0 Å². The lowest BCUT2D eigenvalue weighted by molar-refractivity contribution is 0.102. The van der Waals surface area contributed by atoms with Crippen LogP contribution >= 0.6 is 11.3 Å². The molecule has 0 radical (unpaired) electrons. The lowest BCUT2D eigenvalue weighted by Gasteiger charge is -2.04. The number of carbonyl (C=O) groups excluding carboxylic acids is 1. The number of para-hydroxylation sites is 1. The van der Waals surface area contributed by atoms with Crippen molar-refractivity contribution in [3.63, 3.8) is 0 Å². The zero-order chi connectivity index (χ0) is 20.8. The molecule has 0 bridgehead atoms. The normalized spacial score (nSPS) is 13.9. The first-order chi connectivity index (χ1) is 15.3. The molecule has 1 aliphatic carbocycles. The molecule has 1 N–H and O–H groups in total. The third kappa shape index (κ3) is 3.16. The first-order valence-corrected chi connectivity index (χ1v) is 11.0. The van der Waals surface area contributed by atoms with Crippen LogP contribution in [0.3, 0.4) is 0 Å². The van der Waals surface area contributed by atoms with Gasteiger partial charge in [-0.3, -0.25) is 10.1 Å². The molecule has 8 heteroatoms. The summed E-state index contributed by atoms with van der Waals surface area (Å²) in [6.45, 7) is 0.233. The molecule has 1 aliphatic heterocycles. The van der Waals surface area contributed by atoms with Gasteiger partial charge in [0.2, 0.25) is 6.79 Å². The average Bonchev–Trinajstić information content (AvgIpc) is 3.57. The predicted molar refractivity (Wildman–Crippen MR) is 117 cm³/mol. The lowest BCUT2D eigenvalue weighted by atomic mass is 10.1. The topological polar surface area (TPSA) is 78.3 Å². The van der Waals surface area contributed by atoms with Crippen molar-refractivity contribution in [1.82, 2.24) is 14.8 Å². The second-order valence-corrected chi connectivity index (χ2v) is 8.29. The van der Waals surface area contributed by atoms with Crippen molar-refractivity contribution in [2.45, 2.75) is 19.3 Å². The Morgan fingerprint density at radius 1 is 1.06 bits per heavy atom. The molecule has 0 atom stereocenters. The summed E-state index contributed by atoms with van der Waals surface area (Å²) in [5.74, 6) is 1.22. The fraction of sp³-hybridized carbons (Fsp3) is 0.174. The van der Waals surface area contributed by atoms with Gasteiger partial charge in [0.15, 0.2) is 22.3 Å². The molecular weight excluding hydrogens is 412 g/mol. The van der Waals surface area contributed by atoms with Crippen LogP contribution in [-0.4, -0.2) is 27.5 Å². The molecule has 0 spiro atoms. The van der Waals surface area contributed by atoms with Gasteiger partial charge < -0.3 is 9.47 Å². The van der Waals surface area contributed by atoms with Crippen LogP contribution in [0.1, 0.15) is 28.2 Å². The second kappa shape index (κ2) is 7.24. The Kier molecular flexibility index (Phi) is 4.24. The summed E-state index contributed by atoms with van der Waals surface area (Å²) < 4.78 is 12.7. The largest absolute Gasteiger partial charge is 0.454 e. The summed E-state index contributed by atoms with van der Waals surface area (Å²) in [5.41, 5.74) is 5.30. The van der Waals surface area contributed by atoms with E-state index in [1.807, 2.05) is 58.6 Å². The number of thiazole rings is 1. The number of aromatic nitrogens is 3. The van der Waals surface area contributed by atoms with Gasteiger partial charge in [-0.15, -0.1) is 11.3 Å². The summed E-state index contributed by atoms with van der Waals surface area (Å²) in [5, 5.41) is 10.0. The number of fused-ring (bicyclic) bond motifs is 2. The Labute approximate surface area is 182 Å². The number of anilines is 1. The molecule has 2 aromatic heterocycles. The number of nitrogens with zero attached hydrogens (tertiary/aromatic N) is 3. The van der Waals surface area contributed by atoms with Crippen molar-refractivity contribution in [1.29, 1.82) is 0 Å². The predicted octanol–water partition coefficient (Wildman–Crippen LogP) is 4.47. The minimum absolute atomic E-state index is 0.223. The molecule has 7 nitrogen and oxygen atoms in total. The minimum Gasteiger partial charge on any atom is -0.454 e. The highest BCUT2D eigenvalue weighted by molar-refractivity contribution is 7.14. The van der Waals surface area contributed by atoms with Gasteiger partial charge in [0.1, 0.15) is 0 Å². The van der Waals surface area contributed by atoms with Gasteiger partial charge in [0.25, 0.3) is 5.91 Å². The number of nitrogens with one attached hydrogen (secondary N) is 1. The van der Waals surface area contributed by atoms with Crippen LogP contribution in [0.4, 0.5) is 5.13 Å². The van der Waals surface area contributed by atoms with Crippen molar-refractivity contribution < 1.29 is 14.3 Å². The SMILES string of the molecule is O=C(Nc1nc(-c2ccc3c(c2)OCO3)cs1)c1nn(-c2ccccc2)c2c1CCC2. The van der Waals surface area contributed by atoms with Crippen molar-refractivity contribution in [3.05, 3.63) is 70.9 Å². The van der Waals surface area contributed by atoms with Gasteiger partial charge in [-0.1, -0.05) is 18.2 Å². The highest BCUT2D eigenvalue weighted by atomic mass is 32.1. The molecule has 0 unspecified atom stereocenters. The summed E-state index contributed by atoms with van der Waals surface area (Å²) in [6, 6.07) is 15.6. The number of hydrogen-bond donors (Lipinski definition) is 1. The molecule has 0 saturated carbocycles. The van der Waals surface area contributed by atoms with Gasteiger partial charge in [0.05, 0.1) is 11.4 Å². The molecule has 6 rings (SSSR count). The van der Waals surface area contributed by atoms with Crippen LogP contribution in [0, 0.1) is 0 Å². The molecule has 0 fully saturated rings. The fourth-order valence-electron chi connectivity index (χ4n) is 4.08. The van der Waals surface area contributed by atoms with Crippen molar-refractivity contribution in [3.8, 4) is 28.4 Å². The summed E-state index contributed by atoms with van der Waals surface area (Å²) in [6.07, 6.45) is 2.83. The van der Waals surface area contributed by atoms with Crippen LogP contribution < -0.4 is 14.8 Å². The molecule has 1 amide bonds. The fourth-order valence-corrected chi connectivity index (χ4v) is 4.79. The van der Waals surface area contributed by atoms with Gasteiger partial charge in [-0.2, -0.15) is 5.10 Å². The molecule has 154 valence electrons. The minimum atomic E-state index is -0.223. The van der Waals surface area contributed by atoms with Crippen LogP contribution in [0.15, 0.2) is 53.9 Å². The van der Waals surface area contributed by atoms with Gasteiger partial charge in [-0.05, 0) is 49.6 Å². The van der Waals surface area contributed by atoms with E-state index in [0.29, 0.717) is 16.6 Å². The number of benzene rings is 2. The Hall–Kier alpha value is -3.65. The van der Waals surface area contributed by atoms with E-state index in [0.717, 1.165) is 53.2 Å². The number of carbonyl (C=O) groups is 1. The van der Waals surface area contributed by atoms with Crippen molar-refractivity contribution in [2.75, 3.05) is 12.1 Å².